The average Bonchev–Trinajstić information content (AvgIpc) is 3.05. The molecular formula is C26H34Cl2N4O4. The largest absolute Gasteiger partial charge is 0.463 e. The number of nitrogens with zero attached hydrogens (tertiary/aromatic N) is 3. The molecule has 0 aromatic heterocycles. The summed E-state index contributed by atoms with van der Waals surface area (Å²) in [4.78, 5) is 45.1. The lowest BCUT2D eigenvalue weighted by atomic mass is 9.84. The van der Waals surface area contributed by atoms with Gasteiger partial charge in [0.15, 0.2) is 0 Å². The van der Waals surface area contributed by atoms with E-state index >= 15 is 0 Å². The quantitative estimate of drug-likeness (QED) is 0.527. The molecule has 4 rings (SSSR count). The summed E-state index contributed by atoms with van der Waals surface area (Å²) in [5.41, 5.74) is 1.50. The van der Waals surface area contributed by atoms with E-state index in [0.717, 1.165) is 38.8 Å². The number of rotatable bonds is 7. The summed E-state index contributed by atoms with van der Waals surface area (Å²) < 4.78 is 5.45. The highest BCUT2D eigenvalue weighted by atomic mass is 35.5. The molecule has 8 nitrogen and oxygen atoms in total. The molecule has 1 aromatic carbocycles. The van der Waals surface area contributed by atoms with E-state index in [1.807, 2.05) is 11.8 Å². The average molecular weight is 537 g/mol. The van der Waals surface area contributed by atoms with Crippen molar-refractivity contribution < 1.29 is 19.1 Å². The first-order valence-electron chi connectivity index (χ1n) is 12.8. The third-order valence-electron chi connectivity index (χ3n) is 7.27. The first-order chi connectivity index (χ1) is 17.3. The first-order valence-corrected chi connectivity index (χ1v) is 13.5. The van der Waals surface area contributed by atoms with Gasteiger partial charge in [-0.05, 0) is 44.7 Å². The predicted molar refractivity (Wildman–Crippen MR) is 139 cm³/mol. The van der Waals surface area contributed by atoms with Crippen molar-refractivity contribution >= 4 is 41.1 Å². The molecule has 3 aliphatic rings. The Morgan fingerprint density at radius 1 is 1.08 bits per heavy atom. The Bertz CT molecular complexity index is 1040. The number of likely N-dealkylation sites (N-methyl/N-ethyl adjacent to an activating group) is 1. The minimum atomic E-state index is -0.788. The molecule has 3 amide bonds. The highest BCUT2D eigenvalue weighted by molar-refractivity contribution is 6.42. The van der Waals surface area contributed by atoms with Crippen molar-refractivity contribution in [2.24, 2.45) is 5.92 Å². The molecule has 1 aliphatic carbocycles. The maximum atomic E-state index is 13.3. The van der Waals surface area contributed by atoms with Crippen LogP contribution >= 0.6 is 23.2 Å². The third kappa shape index (κ3) is 5.50. The molecule has 2 heterocycles. The molecule has 36 heavy (non-hydrogen) atoms. The van der Waals surface area contributed by atoms with Crippen LogP contribution in [-0.4, -0.2) is 78.5 Å². The highest BCUT2D eigenvalue weighted by Gasteiger charge is 2.39. The second-order valence-electron chi connectivity index (χ2n) is 9.43. The topological polar surface area (TPSA) is 82.2 Å². The van der Waals surface area contributed by atoms with Gasteiger partial charge in [0.05, 0.1) is 28.3 Å². The van der Waals surface area contributed by atoms with E-state index in [9.17, 15) is 14.4 Å². The fourth-order valence-corrected chi connectivity index (χ4v) is 5.53. The van der Waals surface area contributed by atoms with Crippen LogP contribution in [0.3, 0.4) is 0 Å². The Morgan fingerprint density at radius 3 is 2.53 bits per heavy atom. The summed E-state index contributed by atoms with van der Waals surface area (Å²) in [6, 6.07) is 4.07. The molecule has 0 spiro atoms. The Hall–Kier alpha value is -2.29. The number of esters is 1. The Morgan fingerprint density at radius 2 is 1.86 bits per heavy atom. The van der Waals surface area contributed by atoms with Gasteiger partial charge < -0.3 is 15.0 Å². The van der Waals surface area contributed by atoms with E-state index in [1.165, 1.54) is 0 Å². The van der Waals surface area contributed by atoms with Gasteiger partial charge >= 0.3 is 12.0 Å². The molecule has 2 aliphatic heterocycles. The van der Waals surface area contributed by atoms with Gasteiger partial charge in [-0.25, -0.2) is 9.59 Å². The van der Waals surface area contributed by atoms with Gasteiger partial charge in [-0.15, -0.1) is 0 Å². The smallest absolute Gasteiger partial charge is 0.338 e. The molecule has 1 N–H and O–H groups in total. The molecule has 1 atom stereocenters. The van der Waals surface area contributed by atoms with Crippen molar-refractivity contribution in [3.8, 4) is 0 Å². The van der Waals surface area contributed by atoms with Crippen LogP contribution in [0.25, 0.3) is 0 Å². The van der Waals surface area contributed by atoms with Gasteiger partial charge in [-0.3, -0.25) is 14.6 Å². The molecule has 196 valence electrons. The van der Waals surface area contributed by atoms with Gasteiger partial charge in [0.2, 0.25) is 5.91 Å². The van der Waals surface area contributed by atoms with Gasteiger partial charge in [0, 0.05) is 50.9 Å². The zero-order chi connectivity index (χ0) is 25.8. The number of nitrogens with one attached hydrogen (secondary N) is 1. The molecule has 0 unspecified atom stereocenters. The Labute approximate surface area is 222 Å². The number of hydrogen-bond acceptors (Lipinski definition) is 5. The number of hydrogen-bond donors (Lipinski definition) is 1. The molecule has 1 saturated carbocycles. The number of halogens is 2. The third-order valence-corrected chi connectivity index (χ3v) is 8.10. The molecule has 10 heteroatoms. The lowest BCUT2D eigenvalue weighted by Crippen LogP contribution is -2.51. The highest BCUT2D eigenvalue weighted by Crippen LogP contribution is 2.38. The van der Waals surface area contributed by atoms with E-state index in [-0.39, 0.29) is 29.5 Å². The second-order valence-corrected chi connectivity index (χ2v) is 10.2. The number of carbonyl (C=O) groups excluding carboxylic acids is 3. The summed E-state index contributed by atoms with van der Waals surface area (Å²) in [5.74, 6) is -0.0588. The van der Waals surface area contributed by atoms with Crippen LogP contribution in [0.2, 0.25) is 10.0 Å². The lowest BCUT2D eigenvalue weighted by Gasteiger charge is -2.38. The van der Waals surface area contributed by atoms with E-state index in [2.05, 4.69) is 10.2 Å². The summed E-state index contributed by atoms with van der Waals surface area (Å²) >= 11 is 12.8. The van der Waals surface area contributed by atoms with Gasteiger partial charge in [0.25, 0.3) is 0 Å². The van der Waals surface area contributed by atoms with E-state index in [4.69, 9.17) is 27.9 Å². The van der Waals surface area contributed by atoms with Gasteiger partial charge in [-0.1, -0.05) is 41.8 Å². The number of benzene rings is 1. The molecule has 2 fully saturated rings. The van der Waals surface area contributed by atoms with Crippen LogP contribution in [0.15, 0.2) is 29.5 Å². The standard InChI is InChI=1S/C26H34Cl2N4O4/c1-3-32-20(16-30-12-7-13-31(15-14-30)24(33)17-8-5-9-17)21(25(34)36-4-2)23(29-26(32)35)18-10-6-11-19(27)22(18)28/h6,10-11,17,23H,3-5,7-9,12-16H2,1-2H3,(H,29,35)/t23-/m0/s1. The Kier molecular flexibility index (Phi) is 8.80. The van der Waals surface area contributed by atoms with Gasteiger partial charge in [0.1, 0.15) is 0 Å². The zero-order valence-electron chi connectivity index (χ0n) is 20.9. The molecule has 0 bridgehead atoms. The van der Waals surface area contributed by atoms with Gasteiger partial charge in [-0.2, -0.15) is 0 Å². The number of amides is 3. The fraction of sp³-hybridized carbons (Fsp3) is 0.577. The molecular weight excluding hydrogens is 503 g/mol. The van der Waals surface area contributed by atoms with Crippen molar-refractivity contribution in [3.05, 3.63) is 45.1 Å². The number of urea groups is 1. The zero-order valence-corrected chi connectivity index (χ0v) is 22.4. The maximum absolute atomic E-state index is 13.3. The van der Waals surface area contributed by atoms with E-state index in [1.54, 1.807) is 30.0 Å². The Balaban J connectivity index is 1.66. The number of ether oxygens (including phenoxy) is 1. The predicted octanol–water partition coefficient (Wildman–Crippen LogP) is 4.23. The van der Waals surface area contributed by atoms with Crippen molar-refractivity contribution in [3.63, 3.8) is 0 Å². The normalized spacial score (nSPS) is 21.7. The minimum absolute atomic E-state index is 0.176. The van der Waals surface area contributed by atoms with Crippen LogP contribution in [0.5, 0.6) is 0 Å². The van der Waals surface area contributed by atoms with Crippen molar-refractivity contribution in [1.82, 2.24) is 20.0 Å². The van der Waals surface area contributed by atoms with Crippen molar-refractivity contribution in [2.45, 2.75) is 45.6 Å². The molecule has 1 saturated heterocycles. The summed E-state index contributed by atoms with van der Waals surface area (Å²) in [7, 11) is 0. The van der Waals surface area contributed by atoms with Crippen molar-refractivity contribution in [1.29, 1.82) is 0 Å². The van der Waals surface area contributed by atoms with E-state index in [0.29, 0.717) is 48.0 Å². The lowest BCUT2D eigenvalue weighted by molar-refractivity contribution is -0.139. The van der Waals surface area contributed by atoms with Crippen LogP contribution in [0.1, 0.15) is 51.1 Å². The summed E-state index contributed by atoms with van der Waals surface area (Å²) in [6.45, 7) is 7.39. The van der Waals surface area contributed by atoms with Crippen LogP contribution in [-0.2, 0) is 14.3 Å². The summed E-state index contributed by atoms with van der Waals surface area (Å²) in [5, 5.41) is 3.56. The van der Waals surface area contributed by atoms with E-state index < -0.39 is 12.0 Å². The van der Waals surface area contributed by atoms with Crippen molar-refractivity contribution in [2.75, 3.05) is 45.9 Å². The fourth-order valence-electron chi connectivity index (χ4n) is 5.11. The maximum Gasteiger partial charge on any atom is 0.338 e. The van der Waals surface area contributed by atoms with Crippen LogP contribution in [0.4, 0.5) is 4.79 Å². The SMILES string of the molecule is CCOC(=O)C1=C(CN2CCCN(C(=O)C3CCC3)CC2)N(CC)C(=O)N[C@H]1c1cccc(Cl)c1Cl. The first kappa shape index (κ1) is 26.8. The molecule has 1 aromatic rings. The van der Waals surface area contributed by atoms with Crippen LogP contribution < -0.4 is 5.32 Å². The van der Waals surface area contributed by atoms with Crippen LogP contribution in [0, 0.1) is 5.92 Å². The summed E-state index contributed by atoms with van der Waals surface area (Å²) in [6.07, 6.45) is 3.95. The molecule has 0 radical (unpaired) electrons. The number of carbonyl (C=O) groups is 3. The monoisotopic (exact) mass is 536 g/mol. The second kappa shape index (κ2) is 11.8. The minimum Gasteiger partial charge on any atom is -0.463 e.